The molecule has 0 bridgehead atoms. The predicted molar refractivity (Wildman–Crippen MR) is 47.9 cm³/mol. The van der Waals surface area contributed by atoms with Gasteiger partial charge in [-0.2, -0.15) is 0 Å². The second-order valence-electron chi connectivity index (χ2n) is 3.03. The van der Waals surface area contributed by atoms with Gasteiger partial charge in [0.1, 0.15) is 5.78 Å². The van der Waals surface area contributed by atoms with Crippen molar-refractivity contribution in [2.24, 2.45) is 0 Å². The quantitative estimate of drug-likeness (QED) is 0.639. The number of ether oxygens (including phenoxy) is 1. The third-order valence-electron chi connectivity index (χ3n) is 1.89. The summed E-state index contributed by atoms with van der Waals surface area (Å²) in [5, 5.41) is 0. The highest BCUT2D eigenvalue weighted by Gasteiger charge is 2.07. The van der Waals surface area contributed by atoms with E-state index in [9.17, 15) is 4.79 Å². The summed E-state index contributed by atoms with van der Waals surface area (Å²) in [6.45, 7) is 1.61. The Kier molecular flexibility index (Phi) is 3.23. The van der Waals surface area contributed by atoms with E-state index in [4.69, 9.17) is 4.74 Å². The second kappa shape index (κ2) is 4.21. The first-order valence-electron chi connectivity index (χ1n) is 4.12. The van der Waals surface area contributed by atoms with E-state index in [1.807, 2.05) is 12.2 Å². The average Bonchev–Trinajstić information content (AvgIpc) is 2.05. The molecule has 0 saturated heterocycles. The van der Waals surface area contributed by atoms with Gasteiger partial charge in [0.2, 0.25) is 0 Å². The van der Waals surface area contributed by atoms with Crippen molar-refractivity contribution in [3.63, 3.8) is 0 Å². The zero-order chi connectivity index (χ0) is 8.97. The Morgan fingerprint density at radius 3 is 2.92 bits per heavy atom. The Hall–Kier alpha value is -0.890. The maximum absolute atomic E-state index is 10.8. The molecule has 1 aliphatic rings. The minimum Gasteiger partial charge on any atom is -0.377 e. The van der Waals surface area contributed by atoms with Crippen LogP contribution >= 0.6 is 0 Å². The highest BCUT2D eigenvalue weighted by atomic mass is 16.5. The van der Waals surface area contributed by atoms with Crippen molar-refractivity contribution in [2.45, 2.75) is 25.9 Å². The van der Waals surface area contributed by atoms with Crippen LogP contribution in [0.2, 0.25) is 0 Å². The third-order valence-corrected chi connectivity index (χ3v) is 1.89. The van der Waals surface area contributed by atoms with Gasteiger partial charge in [-0.1, -0.05) is 18.2 Å². The van der Waals surface area contributed by atoms with Crippen LogP contribution in [0, 0.1) is 0 Å². The zero-order valence-corrected chi connectivity index (χ0v) is 7.54. The van der Waals surface area contributed by atoms with Gasteiger partial charge in [0.05, 0.1) is 6.10 Å². The van der Waals surface area contributed by atoms with Crippen molar-refractivity contribution in [2.75, 3.05) is 7.11 Å². The lowest BCUT2D eigenvalue weighted by molar-refractivity contribution is -0.116. The van der Waals surface area contributed by atoms with Crippen LogP contribution in [0.1, 0.15) is 19.8 Å². The van der Waals surface area contributed by atoms with Crippen LogP contribution < -0.4 is 0 Å². The first-order valence-corrected chi connectivity index (χ1v) is 4.12. The highest BCUT2D eigenvalue weighted by molar-refractivity contribution is 5.78. The lowest BCUT2D eigenvalue weighted by Crippen LogP contribution is -2.09. The van der Waals surface area contributed by atoms with Gasteiger partial charge in [0, 0.05) is 13.5 Å². The average molecular weight is 166 g/mol. The predicted octanol–water partition coefficient (Wildman–Crippen LogP) is 1.87. The number of carbonyl (C=O) groups excluding carboxylic acids is 1. The van der Waals surface area contributed by atoms with Gasteiger partial charge < -0.3 is 4.74 Å². The Labute approximate surface area is 72.9 Å². The normalized spacial score (nSPS) is 22.2. The topological polar surface area (TPSA) is 26.3 Å². The molecular weight excluding hydrogens is 152 g/mol. The van der Waals surface area contributed by atoms with E-state index in [1.165, 1.54) is 0 Å². The van der Waals surface area contributed by atoms with Gasteiger partial charge in [0.15, 0.2) is 0 Å². The molecule has 0 N–H and O–H groups in total. The Morgan fingerprint density at radius 2 is 2.50 bits per heavy atom. The lowest BCUT2D eigenvalue weighted by Gasteiger charge is -2.13. The molecule has 0 aromatic rings. The van der Waals surface area contributed by atoms with Gasteiger partial charge >= 0.3 is 0 Å². The number of methoxy groups -OCH3 is 1. The molecule has 2 heteroatoms. The van der Waals surface area contributed by atoms with Crippen molar-refractivity contribution in [1.82, 2.24) is 0 Å². The summed E-state index contributed by atoms with van der Waals surface area (Å²) < 4.78 is 5.13. The summed E-state index contributed by atoms with van der Waals surface area (Å²) in [6.07, 6.45) is 7.66. The summed E-state index contributed by atoms with van der Waals surface area (Å²) in [5.74, 6) is 0.210. The summed E-state index contributed by atoms with van der Waals surface area (Å²) in [6, 6.07) is 0. The Balaban J connectivity index is 2.46. The molecule has 0 saturated carbocycles. The first kappa shape index (κ1) is 9.20. The number of Topliss-reactive ketones (excluding diaryl/α,β-unsaturated/α-hetero) is 1. The Morgan fingerprint density at radius 1 is 1.75 bits per heavy atom. The fourth-order valence-electron chi connectivity index (χ4n) is 1.24. The van der Waals surface area contributed by atoms with Gasteiger partial charge in [-0.25, -0.2) is 0 Å². The van der Waals surface area contributed by atoms with E-state index in [0.717, 1.165) is 12.0 Å². The molecule has 0 amide bonds. The van der Waals surface area contributed by atoms with Crippen molar-refractivity contribution in [3.8, 4) is 0 Å². The molecule has 0 aromatic carbocycles. The molecule has 0 aromatic heterocycles. The van der Waals surface area contributed by atoms with Gasteiger partial charge in [-0.05, 0) is 18.9 Å². The largest absolute Gasteiger partial charge is 0.377 e. The molecule has 0 spiro atoms. The van der Waals surface area contributed by atoms with Crippen LogP contribution in [0.3, 0.4) is 0 Å². The maximum Gasteiger partial charge on any atom is 0.134 e. The molecule has 0 fully saturated rings. The van der Waals surface area contributed by atoms with Crippen LogP contribution in [-0.2, 0) is 9.53 Å². The molecule has 1 rings (SSSR count). The van der Waals surface area contributed by atoms with Crippen molar-refractivity contribution >= 4 is 5.78 Å². The molecule has 0 radical (unpaired) electrons. The van der Waals surface area contributed by atoms with Crippen molar-refractivity contribution in [1.29, 1.82) is 0 Å². The molecule has 0 heterocycles. The molecular formula is C10H14O2. The van der Waals surface area contributed by atoms with E-state index < -0.39 is 0 Å². The maximum atomic E-state index is 10.8. The standard InChI is InChI=1S/C10H14O2/c1-8(11)7-9-3-5-10(12-2)6-4-9/h3-5,10H,6-7H2,1-2H3. The van der Waals surface area contributed by atoms with E-state index in [2.05, 4.69) is 6.08 Å². The van der Waals surface area contributed by atoms with E-state index in [1.54, 1.807) is 14.0 Å². The molecule has 0 aliphatic heterocycles. The summed E-state index contributed by atoms with van der Waals surface area (Å²) >= 11 is 0. The van der Waals surface area contributed by atoms with Gasteiger partial charge in [-0.15, -0.1) is 0 Å². The number of carbonyl (C=O) groups is 1. The van der Waals surface area contributed by atoms with Crippen LogP contribution in [0.25, 0.3) is 0 Å². The Bertz CT molecular complexity index is 226. The minimum absolute atomic E-state index is 0.195. The lowest BCUT2D eigenvalue weighted by atomic mass is 10.0. The smallest absolute Gasteiger partial charge is 0.134 e. The molecule has 1 atom stereocenters. The van der Waals surface area contributed by atoms with E-state index >= 15 is 0 Å². The molecule has 1 unspecified atom stereocenters. The second-order valence-corrected chi connectivity index (χ2v) is 3.03. The summed E-state index contributed by atoms with van der Waals surface area (Å²) in [7, 11) is 1.69. The monoisotopic (exact) mass is 166 g/mol. The molecule has 12 heavy (non-hydrogen) atoms. The van der Waals surface area contributed by atoms with Crippen molar-refractivity contribution < 1.29 is 9.53 Å². The number of hydrogen-bond acceptors (Lipinski definition) is 2. The summed E-state index contributed by atoms with van der Waals surface area (Å²) in [4.78, 5) is 10.8. The van der Waals surface area contributed by atoms with Crippen molar-refractivity contribution in [3.05, 3.63) is 23.8 Å². The van der Waals surface area contributed by atoms with Crippen LogP contribution in [0.4, 0.5) is 0 Å². The molecule has 1 aliphatic carbocycles. The fourth-order valence-corrected chi connectivity index (χ4v) is 1.24. The third kappa shape index (κ3) is 2.62. The number of rotatable bonds is 3. The number of hydrogen-bond donors (Lipinski definition) is 0. The van der Waals surface area contributed by atoms with Gasteiger partial charge in [0.25, 0.3) is 0 Å². The van der Waals surface area contributed by atoms with Crippen LogP contribution in [0.15, 0.2) is 23.8 Å². The molecule has 66 valence electrons. The van der Waals surface area contributed by atoms with Crippen LogP contribution in [-0.4, -0.2) is 19.0 Å². The molecule has 2 nitrogen and oxygen atoms in total. The van der Waals surface area contributed by atoms with Crippen LogP contribution in [0.5, 0.6) is 0 Å². The van der Waals surface area contributed by atoms with Gasteiger partial charge in [-0.3, -0.25) is 4.79 Å². The number of ketones is 1. The SMILES string of the molecule is COC1C=CC(CC(C)=O)=CC1. The number of allylic oxidation sites excluding steroid dienone is 2. The van der Waals surface area contributed by atoms with E-state index in [-0.39, 0.29) is 11.9 Å². The minimum atomic E-state index is 0.195. The first-order chi connectivity index (χ1) is 5.72. The highest BCUT2D eigenvalue weighted by Crippen LogP contribution is 2.15. The zero-order valence-electron chi connectivity index (χ0n) is 7.54. The van der Waals surface area contributed by atoms with E-state index in [0.29, 0.717) is 6.42 Å². The summed E-state index contributed by atoms with van der Waals surface area (Å²) in [5.41, 5.74) is 1.11. The fraction of sp³-hybridized carbons (Fsp3) is 0.500.